The molecule has 0 saturated carbocycles. The summed E-state index contributed by atoms with van der Waals surface area (Å²) in [6.07, 6.45) is 1.80. The number of nitrogens with one attached hydrogen (secondary N) is 1. The number of hydrogen-bond acceptors (Lipinski definition) is 4. The van der Waals surface area contributed by atoms with E-state index in [9.17, 15) is 13.2 Å². The average Bonchev–Trinajstić information content (AvgIpc) is 3.35. The van der Waals surface area contributed by atoms with Crippen molar-refractivity contribution in [2.24, 2.45) is 0 Å². The van der Waals surface area contributed by atoms with Gasteiger partial charge in [-0.15, -0.1) is 11.8 Å². The van der Waals surface area contributed by atoms with E-state index in [4.69, 9.17) is 0 Å². The summed E-state index contributed by atoms with van der Waals surface area (Å²) in [6.45, 7) is 3.21. The van der Waals surface area contributed by atoms with Gasteiger partial charge in [-0.05, 0) is 73.9 Å². The van der Waals surface area contributed by atoms with Gasteiger partial charge >= 0.3 is 0 Å². The quantitative estimate of drug-likeness (QED) is 0.478. The van der Waals surface area contributed by atoms with Crippen LogP contribution in [0.3, 0.4) is 0 Å². The summed E-state index contributed by atoms with van der Waals surface area (Å²) < 4.78 is 26.7. The van der Waals surface area contributed by atoms with Gasteiger partial charge in [-0.25, -0.2) is 8.42 Å². The van der Waals surface area contributed by atoms with Crippen molar-refractivity contribution in [2.45, 2.75) is 35.3 Å². The van der Waals surface area contributed by atoms with Gasteiger partial charge in [-0.3, -0.25) is 4.79 Å². The summed E-state index contributed by atoms with van der Waals surface area (Å²) in [5.41, 5.74) is 3.51. The zero-order valence-electron chi connectivity index (χ0n) is 18.0. The first kappa shape index (κ1) is 22.6. The Morgan fingerprint density at radius 3 is 2.16 bits per heavy atom. The van der Waals surface area contributed by atoms with Crippen molar-refractivity contribution in [3.63, 3.8) is 0 Å². The molecule has 166 valence electrons. The number of aryl methyl sites for hydroxylation is 1. The Hall–Kier alpha value is -2.61. The predicted molar refractivity (Wildman–Crippen MR) is 130 cm³/mol. The Labute approximate surface area is 193 Å². The summed E-state index contributed by atoms with van der Waals surface area (Å²) in [5.74, 6) is 0.607. The molecule has 0 spiro atoms. The highest BCUT2D eigenvalue weighted by Gasteiger charge is 2.26. The summed E-state index contributed by atoms with van der Waals surface area (Å²) in [6, 6.07) is 22.3. The maximum absolute atomic E-state index is 12.6. The van der Waals surface area contributed by atoms with Crippen molar-refractivity contribution in [1.82, 2.24) is 4.31 Å². The number of thioether (sulfide) groups is 1. The van der Waals surface area contributed by atoms with Crippen molar-refractivity contribution >= 4 is 33.4 Å². The minimum Gasteiger partial charge on any atom is -0.322 e. The number of carbonyl (C=O) groups is 1. The summed E-state index contributed by atoms with van der Waals surface area (Å²) in [5, 5.41) is 2.84. The van der Waals surface area contributed by atoms with Gasteiger partial charge in [0.1, 0.15) is 0 Å². The normalized spacial score (nSPS) is 14.4. The van der Waals surface area contributed by atoms with Crippen LogP contribution in [0.15, 0.2) is 82.6 Å². The van der Waals surface area contributed by atoms with Crippen molar-refractivity contribution in [1.29, 1.82) is 0 Å². The van der Waals surface area contributed by atoms with Crippen LogP contribution in [0.4, 0.5) is 5.69 Å². The van der Waals surface area contributed by atoms with Crippen LogP contribution in [-0.2, 0) is 15.8 Å². The largest absolute Gasteiger partial charge is 0.322 e. The minimum absolute atomic E-state index is 0.224. The highest BCUT2D eigenvalue weighted by Crippen LogP contribution is 2.24. The molecule has 0 aliphatic carbocycles. The number of hydrogen-bond donors (Lipinski definition) is 1. The Morgan fingerprint density at radius 2 is 1.53 bits per heavy atom. The molecule has 1 heterocycles. The fourth-order valence-corrected chi connectivity index (χ4v) is 5.92. The molecule has 0 atom stereocenters. The van der Waals surface area contributed by atoms with Gasteiger partial charge in [0, 0.05) is 35.0 Å². The third-order valence-corrected chi connectivity index (χ3v) is 8.45. The Balaban J connectivity index is 1.34. The number of sulfonamides is 1. The molecule has 0 bridgehead atoms. The van der Waals surface area contributed by atoms with E-state index in [1.165, 1.54) is 14.8 Å². The first-order chi connectivity index (χ1) is 15.4. The number of benzene rings is 3. The predicted octanol–water partition coefficient (Wildman–Crippen LogP) is 5.32. The molecule has 0 unspecified atom stereocenters. The standard InChI is InChI=1S/C25H26N2O3S2/c1-19-4-12-23(13-5-19)31-18-20-6-8-21(9-7-20)25(28)26-22-10-14-24(15-11-22)32(29,30)27-16-2-3-17-27/h4-15H,2-3,16-18H2,1H3,(H,26,28). The molecule has 7 heteroatoms. The van der Waals surface area contributed by atoms with Crippen LogP contribution < -0.4 is 5.32 Å². The molecule has 3 aromatic carbocycles. The van der Waals surface area contributed by atoms with Crippen LogP contribution in [0, 0.1) is 6.92 Å². The summed E-state index contributed by atoms with van der Waals surface area (Å²) in [4.78, 5) is 14.1. The topological polar surface area (TPSA) is 66.5 Å². The zero-order chi connectivity index (χ0) is 22.6. The molecular formula is C25H26N2O3S2. The highest BCUT2D eigenvalue weighted by molar-refractivity contribution is 7.98. The van der Waals surface area contributed by atoms with Crippen LogP contribution in [0.5, 0.6) is 0 Å². The van der Waals surface area contributed by atoms with Crippen LogP contribution in [-0.4, -0.2) is 31.7 Å². The highest BCUT2D eigenvalue weighted by atomic mass is 32.2. The Kier molecular flexibility index (Phi) is 6.98. The fourth-order valence-electron chi connectivity index (χ4n) is 3.54. The van der Waals surface area contributed by atoms with E-state index in [1.54, 1.807) is 36.0 Å². The first-order valence-corrected chi connectivity index (χ1v) is 13.0. The fraction of sp³-hybridized carbons (Fsp3) is 0.240. The Morgan fingerprint density at radius 1 is 0.906 bits per heavy atom. The molecule has 1 amide bonds. The molecule has 3 aromatic rings. The molecule has 1 aliphatic rings. The lowest BCUT2D eigenvalue weighted by Crippen LogP contribution is -2.27. The van der Waals surface area contributed by atoms with Crippen molar-refractivity contribution in [2.75, 3.05) is 18.4 Å². The molecule has 32 heavy (non-hydrogen) atoms. The van der Waals surface area contributed by atoms with E-state index in [2.05, 4.69) is 36.5 Å². The summed E-state index contributed by atoms with van der Waals surface area (Å²) >= 11 is 1.76. The van der Waals surface area contributed by atoms with Gasteiger partial charge < -0.3 is 5.32 Å². The van der Waals surface area contributed by atoms with Crippen molar-refractivity contribution < 1.29 is 13.2 Å². The molecule has 1 aliphatic heterocycles. The van der Waals surface area contributed by atoms with Gasteiger partial charge in [-0.1, -0.05) is 29.8 Å². The van der Waals surface area contributed by atoms with Gasteiger partial charge in [0.2, 0.25) is 10.0 Å². The van der Waals surface area contributed by atoms with Gasteiger partial charge in [0.15, 0.2) is 0 Å². The Bertz CT molecular complexity index is 1170. The molecule has 0 aromatic heterocycles. The van der Waals surface area contributed by atoms with Crippen LogP contribution >= 0.6 is 11.8 Å². The van der Waals surface area contributed by atoms with E-state index in [0.29, 0.717) is 24.3 Å². The molecule has 1 fully saturated rings. The average molecular weight is 467 g/mol. The molecule has 1 N–H and O–H groups in total. The summed E-state index contributed by atoms with van der Waals surface area (Å²) in [7, 11) is -3.45. The molecule has 1 saturated heterocycles. The van der Waals surface area contributed by atoms with E-state index in [0.717, 1.165) is 24.2 Å². The molecule has 5 nitrogen and oxygen atoms in total. The molecular weight excluding hydrogens is 440 g/mol. The maximum atomic E-state index is 12.6. The van der Waals surface area contributed by atoms with Crippen LogP contribution in [0.1, 0.15) is 34.3 Å². The molecule has 0 radical (unpaired) electrons. The number of rotatable bonds is 7. The lowest BCUT2D eigenvalue weighted by molar-refractivity contribution is 0.102. The van der Waals surface area contributed by atoms with E-state index in [-0.39, 0.29) is 10.8 Å². The van der Waals surface area contributed by atoms with E-state index < -0.39 is 10.0 Å². The van der Waals surface area contributed by atoms with Gasteiger partial charge in [-0.2, -0.15) is 4.31 Å². The monoisotopic (exact) mass is 466 g/mol. The second-order valence-electron chi connectivity index (χ2n) is 7.89. The van der Waals surface area contributed by atoms with Crippen LogP contribution in [0.25, 0.3) is 0 Å². The zero-order valence-corrected chi connectivity index (χ0v) is 19.6. The SMILES string of the molecule is Cc1ccc(SCc2ccc(C(=O)Nc3ccc(S(=O)(=O)N4CCCC4)cc3)cc2)cc1. The second kappa shape index (κ2) is 9.90. The molecule has 4 rings (SSSR count). The lowest BCUT2D eigenvalue weighted by Gasteiger charge is -2.15. The number of amides is 1. The first-order valence-electron chi connectivity index (χ1n) is 10.6. The van der Waals surface area contributed by atoms with Gasteiger partial charge in [0.25, 0.3) is 5.91 Å². The lowest BCUT2D eigenvalue weighted by atomic mass is 10.1. The van der Waals surface area contributed by atoms with E-state index in [1.807, 2.05) is 24.3 Å². The van der Waals surface area contributed by atoms with Crippen LogP contribution in [0.2, 0.25) is 0 Å². The number of anilines is 1. The third-order valence-electron chi connectivity index (χ3n) is 5.46. The minimum atomic E-state index is -3.45. The maximum Gasteiger partial charge on any atom is 0.255 e. The third kappa shape index (κ3) is 5.41. The number of nitrogens with zero attached hydrogens (tertiary/aromatic N) is 1. The van der Waals surface area contributed by atoms with E-state index >= 15 is 0 Å². The smallest absolute Gasteiger partial charge is 0.255 e. The van der Waals surface area contributed by atoms with Crippen molar-refractivity contribution in [3.05, 3.63) is 89.5 Å². The van der Waals surface area contributed by atoms with Gasteiger partial charge in [0.05, 0.1) is 4.90 Å². The number of carbonyl (C=O) groups excluding carboxylic acids is 1. The van der Waals surface area contributed by atoms with Crippen molar-refractivity contribution in [3.8, 4) is 0 Å². The second-order valence-corrected chi connectivity index (χ2v) is 10.9.